The highest BCUT2D eigenvalue weighted by molar-refractivity contribution is 5.96. The van der Waals surface area contributed by atoms with Crippen molar-refractivity contribution in [3.63, 3.8) is 0 Å². The SMILES string of the molecule is CCCCOc1cc(C(=O)OCCN(CC)CC)ccc1NC(=O)[C@H](C)Cc1ccc2ccccc2c1. The molecule has 3 aromatic carbocycles. The number of nitrogens with zero attached hydrogens (tertiary/aromatic N) is 1. The maximum absolute atomic E-state index is 13.1. The standard InChI is InChI=1S/C31H40N2O4/c1-5-8-18-36-29-22-27(31(35)37-19-17-33(6-2)7-3)15-16-28(29)32-30(34)23(4)20-24-13-14-25-11-9-10-12-26(25)21-24/h9-16,21-23H,5-8,17-20H2,1-4H3,(H,32,34)/t23-/m1/s1. The maximum atomic E-state index is 13.1. The van der Waals surface area contributed by atoms with Gasteiger partial charge in [0.1, 0.15) is 12.4 Å². The molecule has 1 amide bonds. The van der Waals surface area contributed by atoms with Crippen molar-refractivity contribution in [1.82, 2.24) is 4.90 Å². The largest absolute Gasteiger partial charge is 0.491 e. The third-order valence-electron chi connectivity index (χ3n) is 6.57. The summed E-state index contributed by atoms with van der Waals surface area (Å²) in [5, 5.41) is 5.36. The lowest BCUT2D eigenvalue weighted by atomic mass is 9.97. The summed E-state index contributed by atoms with van der Waals surface area (Å²) in [5.41, 5.74) is 2.09. The van der Waals surface area contributed by atoms with Gasteiger partial charge in [0.05, 0.1) is 17.9 Å². The van der Waals surface area contributed by atoms with Crippen LogP contribution in [0.4, 0.5) is 5.69 Å². The Kier molecular flexibility index (Phi) is 11.0. The zero-order valence-electron chi connectivity index (χ0n) is 22.6. The smallest absolute Gasteiger partial charge is 0.338 e. The summed E-state index contributed by atoms with van der Waals surface area (Å²) in [6.45, 7) is 11.5. The van der Waals surface area contributed by atoms with E-state index < -0.39 is 5.97 Å². The van der Waals surface area contributed by atoms with Crippen LogP contribution in [0.25, 0.3) is 10.8 Å². The van der Waals surface area contributed by atoms with E-state index in [1.807, 2.05) is 19.1 Å². The number of hydrogen-bond donors (Lipinski definition) is 1. The lowest BCUT2D eigenvalue weighted by Gasteiger charge is -2.18. The highest BCUT2D eigenvalue weighted by atomic mass is 16.5. The van der Waals surface area contributed by atoms with Gasteiger partial charge in [-0.1, -0.05) is 76.6 Å². The molecule has 1 atom stereocenters. The number of ether oxygens (including phenoxy) is 2. The summed E-state index contributed by atoms with van der Waals surface area (Å²) in [4.78, 5) is 27.9. The second-order valence-corrected chi connectivity index (χ2v) is 9.35. The van der Waals surface area contributed by atoms with Crippen molar-refractivity contribution >= 4 is 28.3 Å². The molecule has 0 saturated carbocycles. The van der Waals surface area contributed by atoms with E-state index in [2.05, 4.69) is 61.3 Å². The Morgan fingerprint density at radius 1 is 0.919 bits per heavy atom. The number of nitrogens with one attached hydrogen (secondary N) is 1. The van der Waals surface area contributed by atoms with E-state index in [0.717, 1.165) is 31.5 Å². The molecule has 6 heteroatoms. The third kappa shape index (κ3) is 8.32. The van der Waals surface area contributed by atoms with E-state index in [0.29, 0.717) is 43.2 Å². The molecule has 0 aromatic heterocycles. The van der Waals surface area contributed by atoms with Gasteiger partial charge in [-0.15, -0.1) is 0 Å². The van der Waals surface area contributed by atoms with Crippen LogP contribution in [0.5, 0.6) is 5.75 Å². The Morgan fingerprint density at radius 2 is 1.68 bits per heavy atom. The molecule has 0 bridgehead atoms. The Balaban J connectivity index is 1.67. The highest BCUT2D eigenvalue weighted by Gasteiger charge is 2.18. The van der Waals surface area contributed by atoms with Crippen LogP contribution < -0.4 is 10.1 Å². The molecule has 0 aliphatic carbocycles. The average Bonchev–Trinajstić information content (AvgIpc) is 2.91. The molecule has 0 radical (unpaired) electrons. The van der Waals surface area contributed by atoms with Crippen LogP contribution in [-0.4, -0.2) is 49.6 Å². The summed E-state index contributed by atoms with van der Waals surface area (Å²) >= 11 is 0. The monoisotopic (exact) mass is 504 g/mol. The first-order chi connectivity index (χ1) is 17.9. The molecule has 0 unspecified atom stereocenters. The number of benzene rings is 3. The van der Waals surface area contributed by atoms with E-state index in [-0.39, 0.29) is 11.8 Å². The van der Waals surface area contributed by atoms with Crippen LogP contribution in [0.2, 0.25) is 0 Å². The maximum Gasteiger partial charge on any atom is 0.338 e. The first-order valence-corrected chi connectivity index (χ1v) is 13.4. The van der Waals surface area contributed by atoms with Crippen molar-refractivity contribution in [1.29, 1.82) is 0 Å². The summed E-state index contributed by atoms with van der Waals surface area (Å²) in [5.74, 6) is -0.245. The van der Waals surface area contributed by atoms with Crippen LogP contribution in [-0.2, 0) is 16.0 Å². The van der Waals surface area contributed by atoms with Gasteiger partial charge in [0, 0.05) is 12.5 Å². The lowest BCUT2D eigenvalue weighted by molar-refractivity contribution is -0.119. The summed E-state index contributed by atoms with van der Waals surface area (Å²) < 4.78 is 11.4. The lowest BCUT2D eigenvalue weighted by Crippen LogP contribution is -2.28. The van der Waals surface area contributed by atoms with Crippen LogP contribution in [0.15, 0.2) is 60.7 Å². The van der Waals surface area contributed by atoms with Crippen molar-refractivity contribution in [3.8, 4) is 5.75 Å². The van der Waals surface area contributed by atoms with Crippen LogP contribution in [0, 0.1) is 5.92 Å². The summed E-state index contributed by atoms with van der Waals surface area (Å²) in [7, 11) is 0. The van der Waals surface area contributed by atoms with E-state index in [1.165, 1.54) is 10.8 Å². The second kappa shape index (κ2) is 14.4. The van der Waals surface area contributed by atoms with Gasteiger partial charge in [0.2, 0.25) is 5.91 Å². The molecule has 0 spiro atoms. The van der Waals surface area contributed by atoms with Gasteiger partial charge in [-0.25, -0.2) is 4.79 Å². The minimum Gasteiger partial charge on any atom is -0.491 e. The van der Waals surface area contributed by atoms with Crippen molar-refractivity contribution in [2.24, 2.45) is 5.92 Å². The van der Waals surface area contributed by atoms with Gasteiger partial charge in [-0.05, 0) is 60.5 Å². The highest BCUT2D eigenvalue weighted by Crippen LogP contribution is 2.28. The number of unbranched alkanes of at least 4 members (excludes halogenated alkanes) is 1. The van der Waals surface area contributed by atoms with Gasteiger partial charge in [0.25, 0.3) is 0 Å². The fourth-order valence-corrected chi connectivity index (χ4v) is 4.16. The molecule has 0 aliphatic heterocycles. The van der Waals surface area contributed by atoms with Crippen molar-refractivity contribution in [2.75, 3.05) is 38.2 Å². The number of anilines is 1. The van der Waals surface area contributed by atoms with Crippen LogP contribution >= 0.6 is 0 Å². The topological polar surface area (TPSA) is 67.9 Å². The molecular weight excluding hydrogens is 464 g/mol. The number of hydrogen-bond acceptors (Lipinski definition) is 5. The Hall–Kier alpha value is -3.38. The molecule has 1 N–H and O–H groups in total. The van der Waals surface area contributed by atoms with Gasteiger partial charge < -0.3 is 19.7 Å². The fourth-order valence-electron chi connectivity index (χ4n) is 4.16. The first kappa shape index (κ1) is 28.2. The number of esters is 1. The molecular formula is C31H40N2O4. The predicted octanol–water partition coefficient (Wildman–Crippen LogP) is 6.33. The van der Waals surface area contributed by atoms with Gasteiger partial charge in [0.15, 0.2) is 0 Å². The molecule has 3 rings (SSSR count). The van der Waals surface area contributed by atoms with E-state index in [9.17, 15) is 9.59 Å². The first-order valence-electron chi connectivity index (χ1n) is 13.4. The summed E-state index contributed by atoms with van der Waals surface area (Å²) in [6, 6.07) is 19.6. The Labute approximate surface area is 221 Å². The molecule has 6 nitrogen and oxygen atoms in total. The Bertz CT molecular complexity index is 1170. The number of fused-ring (bicyclic) bond motifs is 1. The zero-order chi connectivity index (χ0) is 26.6. The van der Waals surface area contributed by atoms with E-state index in [4.69, 9.17) is 9.47 Å². The van der Waals surface area contributed by atoms with Crippen LogP contribution in [0.3, 0.4) is 0 Å². The molecule has 0 aliphatic rings. The number of carbonyl (C=O) groups excluding carboxylic acids is 2. The second-order valence-electron chi connectivity index (χ2n) is 9.35. The average molecular weight is 505 g/mol. The van der Waals surface area contributed by atoms with Gasteiger partial charge in [-0.3, -0.25) is 4.79 Å². The third-order valence-corrected chi connectivity index (χ3v) is 6.57. The molecule has 198 valence electrons. The van der Waals surface area contributed by atoms with E-state index in [1.54, 1.807) is 18.2 Å². The van der Waals surface area contributed by atoms with Gasteiger partial charge >= 0.3 is 5.97 Å². The molecule has 37 heavy (non-hydrogen) atoms. The zero-order valence-corrected chi connectivity index (χ0v) is 22.6. The minimum atomic E-state index is -0.393. The summed E-state index contributed by atoms with van der Waals surface area (Å²) in [6.07, 6.45) is 2.49. The Morgan fingerprint density at radius 3 is 2.41 bits per heavy atom. The molecule has 0 fully saturated rings. The van der Waals surface area contributed by atoms with Crippen molar-refractivity contribution in [3.05, 3.63) is 71.8 Å². The van der Waals surface area contributed by atoms with Crippen LogP contribution in [0.1, 0.15) is 56.5 Å². The number of amides is 1. The number of carbonyl (C=O) groups is 2. The van der Waals surface area contributed by atoms with Crippen molar-refractivity contribution < 1.29 is 19.1 Å². The van der Waals surface area contributed by atoms with Crippen molar-refractivity contribution in [2.45, 2.75) is 47.0 Å². The quantitative estimate of drug-likeness (QED) is 0.205. The molecule has 0 saturated heterocycles. The number of rotatable bonds is 14. The predicted molar refractivity (Wildman–Crippen MR) is 150 cm³/mol. The number of likely N-dealkylation sites (N-methyl/N-ethyl adjacent to an activating group) is 1. The molecule has 3 aromatic rings. The van der Waals surface area contributed by atoms with E-state index >= 15 is 0 Å². The minimum absolute atomic E-state index is 0.0944. The molecule has 0 heterocycles. The normalized spacial score (nSPS) is 11.9. The fraction of sp³-hybridized carbons (Fsp3) is 0.419. The van der Waals surface area contributed by atoms with Gasteiger partial charge in [-0.2, -0.15) is 0 Å².